The molecule has 7 nitrogen and oxygen atoms in total. The third-order valence-electron chi connectivity index (χ3n) is 6.53. The van der Waals surface area contributed by atoms with Gasteiger partial charge in [-0.1, -0.05) is 12.1 Å². The van der Waals surface area contributed by atoms with Crippen LogP contribution in [0.15, 0.2) is 46.3 Å². The molecule has 4 rings (SSSR count). The molecule has 1 unspecified atom stereocenters. The Morgan fingerprint density at radius 2 is 1.86 bits per heavy atom. The van der Waals surface area contributed by atoms with Crippen molar-refractivity contribution in [1.82, 2.24) is 4.90 Å². The number of carbonyl (C=O) groups is 2. The van der Waals surface area contributed by atoms with Crippen molar-refractivity contribution in [2.45, 2.75) is 38.7 Å². The Morgan fingerprint density at radius 3 is 2.52 bits per heavy atom. The van der Waals surface area contributed by atoms with Crippen molar-refractivity contribution in [3.8, 4) is 11.5 Å². The molecule has 0 radical (unpaired) electrons. The van der Waals surface area contributed by atoms with Crippen molar-refractivity contribution in [2.75, 3.05) is 26.8 Å². The molecule has 0 bridgehead atoms. The maximum atomic E-state index is 13.5. The van der Waals surface area contributed by atoms with Crippen molar-refractivity contribution < 1.29 is 50.1 Å². The minimum absolute atomic E-state index is 0.0494. The number of amidine groups is 1. The number of methoxy groups -OCH3 is 1. The van der Waals surface area contributed by atoms with Crippen molar-refractivity contribution in [3.05, 3.63) is 63.6 Å². The molecule has 2 aliphatic heterocycles. The summed E-state index contributed by atoms with van der Waals surface area (Å²) in [5, 5.41) is 0.476. The first-order valence-corrected chi connectivity index (χ1v) is 13.6. The molecular weight excluding hydrogens is 590 g/mol. The first-order valence-electron chi connectivity index (χ1n) is 12.8. The Labute approximate surface area is 241 Å². The molecule has 0 saturated carbocycles. The van der Waals surface area contributed by atoms with Crippen molar-refractivity contribution >= 4 is 34.9 Å². The topological polar surface area (TPSA) is 77.4 Å². The molecule has 1 saturated heterocycles. The van der Waals surface area contributed by atoms with Crippen LogP contribution in [-0.4, -0.2) is 48.8 Å². The van der Waals surface area contributed by atoms with Crippen LogP contribution in [0.5, 0.6) is 11.5 Å². The van der Waals surface area contributed by atoms with E-state index in [1.165, 1.54) is 19.2 Å². The monoisotopic (exact) mass is 616 g/mol. The molecular formula is C28H26F6N2O5S. The molecule has 2 aromatic carbocycles. The quantitative estimate of drug-likeness (QED) is 0.198. The number of amides is 1. The zero-order valence-electron chi connectivity index (χ0n) is 22.5. The number of aliphatic imine (C=N–C) groups is 1. The summed E-state index contributed by atoms with van der Waals surface area (Å²) in [4.78, 5) is 31.1. The van der Waals surface area contributed by atoms with E-state index in [1.807, 2.05) is 4.90 Å². The molecule has 0 aliphatic carbocycles. The van der Waals surface area contributed by atoms with Gasteiger partial charge >= 0.3 is 18.3 Å². The van der Waals surface area contributed by atoms with Crippen LogP contribution in [0.2, 0.25) is 0 Å². The summed E-state index contributed by atoms with van der Waals surface area (Å²) >= 11 is 1.16. The molecule has 0 spiro atoms. The molecule has 1 atom stereocenters. The Kier molecular flexibility index (Phi) is 9.43. The smallest absolute Gasteiger partial charge is 0.416 e. The molecule has 14 heteroatoms. The maximum Gasteiger partial charge on any atom is 0.416 e. The minimum Gasteiger partial charge on any atom is -0.493 e. The number of benzene rings is 2. The lowest BCUT2D eigenvalue weighted by Crippen LogP contribution is -2.41. The third kappa shape index (κ3) is 7.39. The lowest BCUT2D eigenvalue weighted by atomic mass is 9.99. The van der Waals surface area contributed by atoms with E-state index in [0.29, 0.717) is 41.2 Å². The molecule has 1 fully saturated rings. The molecule has 2 heterocycles. The van der Waals surface area contributed by atoms with Gasteiger partial charge in [0, 0.05) is 18.7 Å². The van der Waals surface area contributed by atoms with Crippen LogP contribution in [-0.2, 0) is 33.3 Å². The number of esters is 1. The standard InChI is InChI=1S/C28H26F6N2O5S/c1-3-40-25(38)17-5-4-10-36(14-17)26-35-24(37)23(42-26)12-16-6-9-21(22(11-16)39-2)41-15-18-7-8-19(27(29,30)31)13-20(18)28(32,33)34/h6-9,11-13,17H,3-5,10,14-15H2,1-2H3/b23-12+. The number of hydrogen-bond donors (Lipinski definition) is 0. The number of likely N-dealkylation sites (tertiary alicyclic amines) is 1. The zero-order valence-corrected chi connectivity index (χ0v) is 23.3. The summed E-state index contributed by atoms with van der Waals surface area (Å²) in [5.74, 6) is -0.871. The van der Waals surface area contributed by atoms with Crippen molar-refractivity contribution in [2.24, 2.45) is 10.9 Å². The van der Waals surface area contributed by atoms with E-state index < -0.39 is 41.6 Å². The normalized spacial score (nSPS) is 18.7. The molecule has 226 valence electrons. The first kappa shape index (κ1) is 31.3. The highest BCUT2D eigenvalue weighted by atomic mass is 32.2. The Balaban J connectivity index is 1.47. The number of thioether (sulfide) groups is 1. The van der Waals surface area contributed by atoms with E-state index in [-0.39, 0.29) is 36.1 Å². The first-order chi connectivity index (χ1) is 19.8. The number of halogens is 6. The van der Waals surface area contributed by atoms with Gasteiger partial charge in [-0.3, -0.25) is 9.59 Å². The largest absolute Gasteiger partial charge is 0.493 e. The van der Waals surface area contributed by atoms with E-state index >= 15 is 0 Å². The molecule has 0 N–H and O–H groups in total. The van der Waals surface area contributed by atoms with E-state index in [2.05, 4.69) is 4.99 Å². The van der Waals surface area contributed by atoms with Gasteiger partial charge in [0.15, 0.2) is 16.7 Å². The summed E-state index contributed by atoms with van der Waals surface area (Å²) in [6.07, 6.45) is -6.96. The fourth-order valence-electron chi connectivity index (χ4n) is 4.48. The number of rotatable bonds is 7. The second-order valence-electron chi connectivity index (χ2n) is 9.41. The van der Waals surface area contributed by atoms with Crippen molar-refractivity contribution in [1.29, 1.82) is 0 Å². The highest BCUT2D eigenvalue weighted by Gasteiger charge is 2.38. The Morgan fingerprint density at radius 1 is 1.10 bits per heavy atom. The van der Waals surface area contributed by atoms with Crippen LogP contribution in [0, 0.1) is 5.92 Å². The summed E-state index contributed by atoms with van der Waals surface area (Å²) < 4.78 is 95.3. The van der Waals surface area contributed by atoms with Gasteiger partial charge in [0.2, 0.25) is 0 Å². The van der Waals surface area contributed by atoms with Crippen LogP contribution in [0.25, 0.3) is 6.08 Å². The summed E-state index contributed by atoms with van der Waals surface area (Å²) in [6.45, 7) is 2.38. The number of carbonyl (C=O) groups excluding carboxylic acids is 2. The van der Waals surface area contributed by atoms with Gasteiger partial charge in [0.05, 0.1) is 35.7 Å². The minimum atomic E-state index is -5.03. The van der Waals surface area contributed by atoms with Gasteiger partial charge in [-0.25, -0.2) is 0 Å². The lowest BCUT2D eigenvalue weighted by Gasteiger charge is -2.32. The maximum absolute atomic E-state index is 13.5. The van der Waals surface area contributed by atoms with Crippen LogP contribution in [0.1, 0.15) is 42.0 Å². The van der Waals surface area contributed by atoms with Gasteiger partial charge in [0.1, 0.15) is 6.61 Å². The zero-order chi connectivity index (χ0) is 30.7. The fraction of sp³-hybridized carbons (Fsp3) is 0.393. The highest BCUT2D eigenvalue weighted by molar-refractivity contribution is 8.18. The molecule has 0 aromatic heterocycles. The number of piperidine rings is 1. The number of nitrogens with zero attached hydrogens (tertiary/aromatic N) is 2. The molecule has 1 amide bonds. The van der Waals surface area contributed by atoms with Crippen LogP contribution in [0.4, 0.5) is 26.3 Å². The molecule has 2 aliphatic rings. The third-order valence-corrected chi connectivity index (χ3v) is 7.58. The van der Waals surface area contributed by atoms with Crippen molar-refractivity contribution in [3.63, 3.8) is 0 Å². The predicted octanol–water partition coefficient (Wildman–Crippen LogP) is 6.56. The van der Waals surface area contributed by atoms with Gasteiger partial charge in [-0.2, -0.15) is 31.3 Å². The average molecular weight is 617 g/mol. The Bertz CT molecular complexity index is 1410. The predicted molar refractivity (Wildman–Crippen MR) is 143 cm³/mol. The van der Waals surface area contributed by atoms with Crippen LogP contribution in [0.3, 0.4) is 0 Å². The van der Waals surface area contributed by atoms with Gasteiger partial charge < -0.3 is 19.1 Å². The number of alkyl halides is 6. The molecule has 42 heavy (non-hydrogen) atoms. The van der Waals surface area contributed by atoms with Gasteiger partial charge in [-0.15, -0.1) is 0 Å². The second-order valence-corrected chi connectivity index (χ2v) is 10.4. The van der Waals surface area contributed by atoms with Gasteiger partial charge in [0.25, 0.3) is 5.91 Å². The second kappa shape index (κ2) is 12.7. The number of hydrogen-bond acceptors (Lipinski definition) is 7. The highest BCUT2D eigenvalue weighted by Crippen LogP contribution is 2.39. The summed E-state index contributed by atoms with van der Waals surface area (Å²) in [7, 11) is 1.31. The Hall–Kier alpha value is -3.68. The lowest BCUT2D eigenvalue weighted by molar-refractivity contribution is -0.149. The fourth-order valence-corrected chi connectivity index (χ4v) is 5.43. The van der Waals surface area contributed by atoms with E-state index in [4.69, 9.17) is 14.2 Å². The average Bonchev–Trinajstić information content (AvgIpc) is 3.31. The van der Waals surface area contributed by atoms with E-state index in [0.717, 1.165) is 24.2 Å². The summed E-state index contributed by atoms with van der Waals surface area (Å²) in [6, 6.07) is 5.82. The van der Waals surface area contributed by atoms with Gasteiger partial charge in [-0.05, 0) is 67.4 Å². The van der Waals surface area contributed by atoms with E-state index in [9.17, 15) is 35.9 Å². The number of ether oxygens (including phenoxy) is 3. The SMILES string of the molecule is CCOC(=O)C1CCCN(C2=NC(=O)/C(=C\c3ccc(OCc4ccc(C(F)(F)F)cc4C(F)(F)F)c(OC)c3)S2)C1. The summed E-state index contributed by atoms with van der Waals surface area (Å²) in [5.41, 5.74) is -2.84. The van der Waals surface area contributed by atoms with E-state index in [1.54, 1.807) is 19.1 Å². The molecule has 2 aromatic rings. The van der Waals surface area contributed by atoms with Crippen LogP contribution < -0.4 is 9.47 Å². The van der Waals surface area contributed by atoms with Crippen LogP contribution >= 0.6 is 11.8 Å².